The van der Waals surface area contributed by atoms with E-state index < -0.39 is 11.4 Å². The molecule has 2 unspecified atom stereocenters. The summed E-state index contributed by atoms with van der Waals surface area (Å²) in [7, 11) is 0. The number of amides is 2. The Labute approximate surface area is 119 Å². The van der Waals surface area contributed by atoms with E-state index in [0.717, 1.165) is 6.42 Å². The van der Waals surface area contributed by atoms with Gasteiger partial charge in [-0.1, -0.05) is 13.8 Å². The number of hydrogen-bond acceptors (Lipinski definition) is 3. The number of likely N-dealkylation sites (tertiary alicyclic amines) is 1. The number of carboxylic acids is 1. The van der Waals surface area contributed by atoms with Crippen LogP contribution < -0.4 is 5.32 Å². The van der Waals surface area contributed by atoms with Crippen molar-refractivity contribution in [2.45, 2.75) is 38.4 Å². The molecular weight excluding hydrogens is 264 g/mol. The summed E-state index contributed by atoms with van der Waals surface area (Å²) in [5.74, 6) is -0.787. The minimum Gasteiger partial charge on any atom is -0.481 e. The number of thioether (sulfide) groups is 1. The third-order valence-corrected chi connectivity index (χ3v) is 4.91. The van der Waals surface area contributed by atoms with Gasteiger partial charge in [0.25, 0.3) is 0 Å². The Morgan fingerprint density at radius 2 is 2.21 bits per heavy atom. The third-order valence-electron chi connectivity index (χ3n) is 3.94. The van der Waals surface area contributed by atoms with Crippen LogP contribution in [0.25, 0.3) is 0 Å². The molecule has 2 atom stereocenters. The molecule has 0 bridgehead atoms. The van der Waals surface area contributed by atoms with Gasteiger partial charge in [-0.25, -0.2) is 4.79 Å². The standard InChI is InChI=1S/C13H24N2O3S/c1-4-13(11(16)17)6-5-7-15(9-13)12(18)14-8-10(2)19-3/h10H,4-9H2,1-3H3,(H,14,18)(H,16,17). The predicted molar refractivity (Wildman–Crippen MR) is 77.5 cm³/mol. The molecule has 1 aliphatic rings. The van der Waals surface area contributed by atoms with Gasteiger partial charge in [0.2, 0.25) is 0 Å². The van der Waals surface area contributed by atoms with Gasteiger partial charge in [0.15, 0.2) is 0 Å². The van der Waals surface area contributed by atoms with Gasteiger partial charge in [0.1, 0.15) is 0 Å². The van der Waals surface area contributed by atoms with E-state index in [1.807, 2.05) is 13.2 Å². The second-order valence-electron chi connectivity index (χ2n) is 5.20. The number of aliphatic carboxylic acids is 1. The molecule has 19 heavy (non-hydrogen) atoms. The van der Waals surface area contributed by atoms with Crippen molar-refractivity contribution in [3.8, 4) is 0 Å². The zero-order chi connectivity index (χ0) is 14.5. The maximum Gasteiger partial charge on any atom is 0.317 e. The summed E-state index contributed by atoms with van der Waals surface area (Å²) in [5.41, 5.74) is -0.763. The molecule has 0 spiro atoms. The molecule has 0 aliphatic carbocycles. The van der Waals surface area contributed by atoms with E-state index in [0.29, 0.717) is 37.7 Å². The van der Waals surface area contributed by atoms with Crippen molar-refractivity contribution in [2.75, 3.05) is 25.9 Å². The van der Waals surface area contributed by atoms with Crippen LogP contribution in [0.15, 0.2) is 0 Å². The van der Waals surface area contributed by atoms with E-state index >= 15 is 0 Å². The van der Waals surface area contributed by atoms with Crippen LogP contribution in [-0.2, 0) is 4.79 Å². The van der Waals surface area contributed by atoms with Gasteiger partial charge in [-0.15, -0.1) is 0 Å². The molecule has 0 aromatic heterocycles. The normalized spacial score (nSPS) is 24.9. The first kappa shape index (κ1) is 16.1. The lowest BCUT2D eigenvalue weighted by molar-refractivity contribution is -0.152. The Morgan fingerprint density at radius 3 is 2.74 bits per heavy atom. The van der Waals surface area contributed by atoms with Crippen molar-refractivity contribution in [3.63, 3.8) is 0 Å². The summed E-state index contributed by atoms with van der Waals surface area (Å²) in [6.07, 6.45) is 3.98. The first-order valence-corrected chi connectivity index (χ1v) is 8.03. The van der Waals surface area contributed by atoms with Gasteiger partial charge in [-0.05, 0) is 25.5 Å². The van der Waals surface area contributed by atoms with Crippen molar-refractivity contribution in [2.24, 2.45) is 5.41 Å². The number of carboxylic acid groups (broad SMARTS) is 1. The topological polar surface area (TPSA) is 69.6 Å². The van der Waals surface area contributed by atoms with Gasteiger partial charge in [0, 0.05) is 24.9 Å². The van der Waals surface area contributed by atoms with Crippen LogP contribution in [0.5, 0.6) is 0 Å². The Kier molecular flexibility index (Phi) is 5.97. The van der Waals surface area contributed by atoms with E-state index in [9.17, 15) is 14.7 Å². The first-order chi connectivity index (χ1) is 8.95. The van der Waals surface area contributed by atoms with Gasteiger partial charge in [-0.3, -0.25) is 4.79 Å². The van der Waals surface area contributed by atoms with Gasteiger partial charge < -0.3 is 15.3 Å². The predicted octanol–water partition coefficient (Wildman–Crippen LogP) is 2.02. The monoisotopic (exact) mass is 288 g/mol. The summed E-state index contributed by atoms with van der Waals surface area (Å²) in [6, 6.07) is -0.139. The quantitative estimate of drug-likeness (QED) is 0.812. The molecule has 0 radical (unpaired) electrons. The molecule has 1 saturated heterocycles. The Hall–Kier alpha value is -0.910. The fraction of sp³-hybridized carbons (Fsp3) is 0.846. The highest BCUT2D eigenvalue weighted by molar-refractivity contribution is 7.99. The lowest BCUT2D eigenvalue weighted by atomic mass is 9.78. The second kappa shape index (κ2) is 7.03. The lowest BCUT2D eigenvalue weighted by Crippen LogP contribution is -2.53. The number of hydrogen-bond donors (Lipinski definition) is 2. The zero-order valence-electron chi connectivity index (χ0n) is 11.9. The molecule has 0 aromatic rings. The molecule has 2 amide bonds. The molecule has 110 valence electrons. The number of carbonyl (C=O) groups is 2. The molecule has 6 heteroatoms. The van der Waals surface area contributed by atoms with Crippen molar-refractivity contribution in [1.82, 2.24) is 10.2 Å². The number of piperidine rings is 1. The van der Waals surface area contributed by atoms with Crippen LogP contribution in [0.4, 0.5) is 4.79 Å². The van der Waals surface area contributed by atoms with Crippen molar-refractivity contribution in [3.05, 3.63) is 0 Å². The van der Waals surface area contributed by atoms with Gasteiger partial charge in [0.05, 0.1) is 5.41 Å². The number of rotatable bonds is 5. The second-order valence-corrected chi connectivity index (χ2v) is 6.47. The number of nitrogens with one attached hydrogen (secondary N) is 1. The number of nitrogens with zero attached hydrogens (tertiary/aromatic N) is 1. The van der Waals surface area contributed by atoms with Crippen molar-refractivity contribution >= 4 is 23.8 Å². The minimum absolute atomic E-state index is 0.139. The largest absolute Gasteiger partial charge is 0.481 e. The number of carbonyl (C=O) groups excluding carboxylic acids is 1. The zero-order valence-corrected chi connectivity index (χ0v) is 12.8. The van der Waals surface area contributed by atoms with Crippen LogP contribution in [0.3, 0.4) is 0 Å². The highest BCUT2D eigenvalue weighted by Gasteiger charge is 2.42. The minimum atomic E-state index is -0.787. The van der Waals surface area contributed by atoms with E-state index in [2.05, 4.69) is 12.2 Å². The molecule has 0 aromatic carbocycles. The molecule has 1 rings (SSSR count). The summed E-state index contributed by atoms with van der Waals surface area (Å²) < 4.78 is 0. The fourth-order valence-corrected chi connectivity index (χ4v) is 2.60. The fourth-order valence-electron chi connectivity index (χ4n) is 2.35. The van der Waals surface area contributed by atoms with Crippen LogP contribution in [0.2, 0.25) is 0 Å². The Morgan fingerprint density at radius 1 is 1.53 bits per heavy atom. The van der Waals surface area contributed by atoms with Crippen LogP contribution in [0, 0.1) is 5.41 Å². The SMILES string of the molecule is CCC1(C(=O)O)CCCN(C(=O)NCC(C)SC)C1. The van der Waals surface area contributed by atoms with E-state index in [4.69, 9.17) is 0 Å². The van der Waals surface area contributed by atoms with Crippen molar-refractivity contribution in [1.29, 1.82) is 0 Å². The van der Waals surface area contributed by atoms with Crippen LogP contribution in [0.1, 0.15) is 33.1 Å². The van der Waals surface area contributed by atoms with Crippen molar-refractivity contribution < 1.29 is 14.7 Å². The number of urea groups is 1. The maximum absolute atomic E-state index is 12.1. The molecule has 2 N–H and O–H groups in total. The van der Waals surface area contributed by atoms with E-state index in [-0.39, 0.29) is 6.03 Å². The maximum atomic E-state index is 12.1. The molecule has 1 heterocycles. The summed E-state index contributed by atoms with van der Waals surface area (Å²) in [4.78, 5) is 25.1. The van der Waals surface area contributed by atoms with Gasteiger partial charge >= 0.3 is 12.0 Å². The highest BCUT2D eigenvalue weighted by Crippen LogP contribution is 2.33. The summed E-state index contributed by atoms with van der Waals surface area (Å²) in [6.45, 7) is 5.51. The molecular formula is C13H24N2O3S. The summed E-state index contributed by atoms with van der Waals surface area (Å²) in [5, 5.41) is 12.6. The average Bonchev–Trinajstić information content (AvgIpc) is 2.43. The van der Waals surface area contributed by atoms with Crippen LogP contribution >= 0.6 is 11.8 Å². The molecule has 0 saturated carbocycles. The Balaban J connectivity index is 2.59. The highest BCUT2D eigenvalue weighted by atomic mass is 32.2. The summed E-state index contributed by atoms with van der Waals surface area (Å²) >= 11 is 1.70. The molecule has 1 fully saturated rings. The van der Waals surface area contributed by atoms with E-state index in [1.54, 1.807) is 16.7 Å². The van der Waals surface area contributed by atoms with Crippen LogP contribution in [-0.4, -0.2) is 53.1 Å². The average molecular weight is 288 g/mol. The smallest absolute Gasteiger partial charge is 0.317 e. The van der Waals surface area contributed by atoms with Gasteiger partial charge in [-0.2, -0.15) is 11.8 Å². The lowest BCUT2D eigenvalue weighted by Gasteiger charge is -2.39. The third kappa shape index (κ3) is 4.03. The first-order valence-electron chi connectivity index (χ1n) is 6.74. The molecule has 5 nitrogen and oxygen atoms in total. The molecule has 1 aliphatic heterocycles. The Bertz CT molecular complexity index is 338. The van der Waals surface area contributed by atoms with E-state index in [1.165, 1.54) is 0 Å².